The van der Waals surface area contributed by atoms with Gasteiger partial charge >= 0.3 is 0 Å². The van der Waals surface area contributed by atoms with Gasteiger partial charge in [0.1, 0.15) is 0 Å². The third kappa shape index (κ3) is 2.02. The maximum atomic E-state index is 4.01. The molecule has 0 heteroatoms. The molecule has 0 unspecified atom stereocenters. The molecule has 0 bridgehead atoms. The Balaban J connectivity index is 2.06. The summed E-state index contributed by atoms with van der Waals surface area (Å²) in [6.07, 6.45) is 3.08. The molecule has 5 aromatic rings. The Bertz CT molecular complexity index is 1270. The second kappa shape index (κ2) is 5.57. The Labute approximate surface area is 154 Å². The summed E-state index contributed by atoms with van der Waals surface area (Å²) in [5, 5.41) is 10.9. The van der Waals surface area contributed by atoms with E-state index in [1.807, 2.05) is 6.08 Å². The number of hydrogen-bond acceptors (Lipinski definition) is 0. The highest BCUT2D eigenvalue weighted by atomic mass is 14.2. The Kier molecular flexibility index (Phi) is 3.30. The molecule has 0 aromatic heterocycles. The van der Waals surface area contributed by atoms with Crippen molar-refractivity contribution in [2.45, 2.75) is 20.3 Å². The fraction of sp³-hybridized carbons (Fsp3) is 0.154. The summed E-state index contributed by atoms with van der Waals surface area (Å²) >= 11 is 0. The molecule has 26 heavy (non-hydrogen) atoms. The van der Waals surface area contributed by atoms with Crippen molar-refractivity contribution in [1.82, 2.24) is 0 Å². The molecule has 0 aliphatic carbocycles. The smallest absolute Gasteiger partial charge is 0.00204 e. The van der Waals surface area contributed by atoms with Crippen molar-refractivity contribution in [1.29, 1.82) is 0 Å². The molecule has 126 valence electrons. The quantitative estimate of drug-likeness (QED) is 0.236. The van der Waals surface area contributed by atoms with Crippen LogP contribution in [0.15, 0.2) is 67.2 Å². The van der Waals surface area contributed by atoms with Gasteiger partial charge in [-0.05, 0) is 66.6 Å². The van der Waals surface area contributed by atoms with Crippen LogP contribution < -0.4 is 0 Å². The first kappa shape index (κ1) is 15.4. The van der Waals surface area contributed by atoms with Gasteiger partial charge in [-0.1, -0.05) is 87.2 Å². The second-order valence-electron chi connectivity index (χ2n) is 7.73. The summed E-state index contributed by atoms with van der Waals surface area (Å²) in [6, 6.07) is 22.6. The minimum Gasteiger partial charge on any atom is -0.0984 e. The predicted octanol–water partition coefficient (Wildman–Crippen LogP) is 7.58. The number of hydrogen-bond donors (Lipinski definition) is 0. The van der Waals surface area contributed by atoms with E-state index in [0.29, 0.717) is 5.92 Å². The van der Waals surface area contributed by atoms with E-state index in [-0.39, 0.29) is 0 Å². The first-order chi connectivity index (χ1) is 12.7. The van der Waals surface area contributed by atoms with Gasteiger partial charge in [-0.25, -0.2) is 0 Å². The molecule has 0 amide bonds. The molecule has 0 radical (unpaired) electrons. The minimum atomic E-state index is 0.654. The Morgan fingerprint density at radius 3 is 1.88 bits per heavy atom. The van der Waals surface area contributed by atoms with Crippen LogP contribution in [-0.2, 0) is 6.42 Å². The summed E-state index contributed by atoms with van der Waals surface area (Å²) < 4.78 is 0. The largest absolute Gasteiger partial charge is 0.0984 e. The zero-order chi connectivity index (χ0) is 17.8. The molecule has 0 nitrogen and oxygen atoms in total. The van der Waals surface area contributed by atoms with Crippen LogP contribution in [0.4, 0.5) is 0 Å². The van der Waals surface area contributed by atoms with Gasteiger partial charge in [-0.15, -0.1) is 0 Å². The Morgan fingerprint density at radius 2 is 1.23 bits per heavy atom. The van der Waals surface area contributed by atoms with Crippen molar-refractivity contribution >= 4 is 49.2 Å². The van der Waals surface area contributed by atoms with E-state index in [1.165, 1.54) is 54.2 Å². The fourth-order valence-corrected chi connectivity index (χ4v) is 4.59. The maximum absolute atomic E-state index is 4.01. The first-order valence-corrected chi connectivity index (χ1v) is 9.42. The van der Waals surface area contributed by atoms with Crippen LogP contribution in [0, 0.1) is 5.92 Å². The second-order valence-corrected chi connectivity index (χ2v) is 7.73. The van der Waals surface area contributed by atoms with E-state index < -0.39 is 0 Å². The zero-order valence-corrected chi connectivity index (χ0v) is 15.3. The van der Waals surface area contributed by atoms with Crippen LogP contribution in [-0.4, -0.2) is 0 Å². The van der Waals surface area contributed by atoms with Gasteiger partial charge in [-0.3, -0.25) is 0 Å². The van der Waals surface area contributed by atoms with Crippen LogP contribution in [0.1, 0.15) is 25.0 Å². The molecule has 0 saturated heterocycles. The molecule has 0 heterocycles. The van der Waals surface area contributed by atoms with Gasteiger partial charge in [0, 0.05) is 0 Å². The molecule has 0 saturated carbocycles. The average molecular weight is 334 g/mol. The predicted molar refractivity (Wildman–Crippen MR) is 116 cm³/mol. The highest BCUT2D eigenvalue weighted by Crippen LogP contribution is 2.42. The maximum Gasteiger partial charge on any atom is -0.00204 e. The normalized spacial score (nSPS) is 12.1. The molecule has 0 aliphatic rings. The Morgan fingerprint density at radius 1 is 0.692 bits per heavy atom. The van der Waals surface area contributed by atoms with E-state index in [0.717, 1.165) is 6.42 Å². The van der Waals surface area contributed by atoms with Crippen LogP contribution >= 0.6 is 0 Å². The fourth-order valence-electron chi connectivity index (χ4n) is 4.59. The van der Waals surface area contributed by atoms with Crippen molar-refractivity contribution < 1.29 is 0 Å². The molecule has 0 aliphatic heterocycles. The van der Waals surface area contributed by atoms with Crippen LogP contribution in [0.3, 0.4) is 0 Å². The summed E-state index contributed by atoms with van der Waals surface area (Å²) in [5.74, 6) is 0.654. The van der Waals surface area contributed by atoms with Crippen molar-refractivity contribution in [3.05, 3.63) is 78.4 Å². The van der Waals surface area contributed by atoms with Gasteiger partial charge in [-0.2, -0.15) is 0 Å². The van der Waals surface area contributed by atoms with E-state index in [9.17, 15) is 0 Å². The van der Waals surface area contributed by atoms with Crippen LogP contribution in [0.25, 0.3) is 49.2 Å². The molecule has 0 spiro atoms. The molecule has 5 aromatic carbocycles. The van der Waals surface area contributed by atoms with Gasteiger partial charge in [0.15, 0.2) is 0 Å². The topological polar surface area (TPSA) is 0 Å². The van der Waals surface area contributed by atoms with Crippen molar-refractivity contribution in [2.24, 2.45) is 5.92 Å². The van der Waals surface area contributed by atoms with Gasteiger partial charge in [0.05, 0.1) is 0 Å². The summed E-state index contributed by atoms with van der Waals surface area (Å²) in [7, 11) is 0. The van der Waals surface area contributed by atoms with E-state index in [4.69, 9.17) is 0 Å². The average Bonchev–Trinajstić information content (AvgIpc) is 2.66. The molecule has 5 rings (SSSR count). The summed E-state index contributed by atoms with van der Waals surface area (Å²) in [4.78, 5) is 0. The lowest BCUT2D eigenvalue weighted by atomic mass is 9.86. The van der Waals surface area contributed by atoms with Gasteiger partial charge in [0.2, 0.25) is 0 Å². The third-order valence-electron chi connectivity index (χ3n) is 5.63. The van der Waals surface area contributed by atoms with Gasteiger partial charge < -0.3 is 0 Å². The highest BCUT2D eigenvalue weighted by molar-refractivity contribution is 6.33. The molecule has 0 fully saturated rings. The standard InChI is InChI=1S/C26H22/c1-4-17-11-13-23-22-10-6-8-20-18(15-16(2)3)12-14-24(26(20)22)21-9-5-7-19(17)25(21)23/h4-14,16H,1,15H2,2-3H3. The summed E-state index contributed by atoms with van der Waals surface area (Å²) in [5.41, 5.74) is 2.66. The van der Waals surface area contributed by atoms with Crippen molar-refractivity contribution in [3.8, 4) is 0 Å². The van der Waals surface area contributed by atoms with Crippen LogP contribution in [0.5, 0.6) is 0 Å². The van der Waals surface area contributed by atoms with E-state index in [2.05, 4.69) is 81.1 Å². The van der Waals surface area contributed by atoms with Gasteiger partial charge in [0.25, 0.3) is 0 Å². The van der Waals surface area contributed by atoms with E-state index in [1.54, 1.807) is 0 Å². The number of benzene rings is 5. The highest BCUT2D eigenvalue weighted by Gasteiger charge is 2.15. The first-order valence-electron chi connectivity index (χ1n) is 9.42. The minimum absolute atomic E-state index is 0.654. The molecule has 0 atom stereocenters. The molecular weight excluding hydrogens is 312 g/mol. The monoisotopic (exact) mass is 334 g/mol. The lowest BCUT2D eigenvalue weighted by Gasteiger charge is -2.17. The van der Waals surface area contributed by atoms with Crippen molar-refractivity contribution in [2.75, 3.05) is 0 Å². The SMILES string of the molecule is C=Cc1ccc2c3cccc4c(CC(C)C)ccc(c5cccc1c25)c43. The third-order valence-corrected chi connectivity index (χ3v) is 5.63. The molecule has 0 N–H and O–H groups in total. The lowest BCUT2D eigenvalue weighted by Crippen LogP contribution is -1.96. The van der Waals surface area contributed by atoms with Crippen LogP contribution in [0.2, 0.25) is 0 Å². The number of rotatable bonds is 3. The van der Waals surface area contributed by atoms with Crippen molar-refractivity contribution in [3.63, 3.8) is 0 Å². The lowest BCUT2D eigenvalue weighted by molar-refractivity contribution is 0.650. The zero-order valence-electron chi connectivity index (χ0n) is 15.3. The Hall–Kier alpha value is -2.86. The number of fused-ring (bicyclic) bond motifs is 2. The van der Waals surface area contributed by atoms with E-state index >= 15 is 0 Å². The molecular formula is C26H22. The summed E-state index contributed by atoms with van der Waals surface area (Å²) in [6.45, 7) is 8.59.